The molecule has 2 aromatic heterocycles. The first kappa shape index (κ1) is 19.2. The number of benzene rings is 1. The first-order valence-corrected chi connectivity index (χ1v) is 11.7. The molecule has 1 aliphatic carbocycles. The fourth-order valence-corrected chi connectivity index (χ4v) is 5.27. The molecule has 0 unspecified atom stereocenters. The summed E-state index contributed by atoms with van der Waals surface area (Å²) in [6.07, 6.45) is 7.50. The van der Waals surface area contributed by atoms with Gasteiger partial charge in [0.15, 0.2) is 4.96 Å². The van der Waals surface area contributed by atoms with Crippen LogP contribution in [0.25, 0.3) is 4.96 Å². The maximum atomic E-state index is 13.1. The fraction of sp³-hybridized carbons (Fsp3) is 0.381. The minimum atomic E-state index is -0.0682. The first-order valence-electron chi connectivity index (χ1n) is 9.63. The second kappa shape index (κ2) is 8.92. The zero-order valence-corrected chi connectivity index (χ0v) is 17.3. The molecule has 0 radical (unpaired) electrons. The SMILES string of the molecule is O=C(CSCc1cc(=O)n2ccsc2n1)N(c1ccccc1)C1CCCCC1. The zero-order valence-electron chi connectivity index (χ0n) is 15.6. The smallest absolute Gasteiger partial charge is 0.258 e. The molecule has 1 saturated carbocycles. The molecule has 146 valence electrons. The van der Waals surface area contributed by atoms with E-state index >= 15 is 0 Å². The number of fused-ring (bicyclic) bond motifs is 1. The molecule has 0 spiro atoms. The van der Waals surface area contributed by atoms with Gasteiger partial charge in [-0.2, -0.15) is 0 Å². The van der Waals surface area contributed by atoms with Crippen molar-refractivity contribution in [1.82, 2.24) is 9.38 Å². The molecule has 0 bridgehead atoms. The van der Waals surface area contributed by atoms with Crippen LogP contribution in [0.2, 0.25) is 0 Å². The summed E-state index contributed by atoms with van der Waals surface area (Å²) in [5.41, 5.74) is 1.65. The minimum Gasteiger partial charge on any atom is -0.309 e. The Morgan fingerprint density at radius 3 is 2.79 bits per heavy atom. The third kappa shape index (κ3) is 4.31. The highest BCUT2D eigenvalue weighted by Gasteiger charge is 2.26. The molecule has 4 rings (SSSR count). The molecular weight excluding hydrogens is 390 g/mol. The molecule has 2 heterocycles. The summed E-state index contributed by atoms with van der Waals surface area (Å²) in [5, 5.41) is 1.85. The quantitative estimate of drug-likeness (QED) is 0.603. The van der Waals surface area contributed by atoms with Gasteiger partial charge in [-0.15, -0.1) is 23.1 Å². The fourth-order valence-electron chi connectivity index (χ4n) is 3.76. The number of thioether (sulfide) groups is 1. The van der Waals surface area contributed by atoms with Crippen LogP contribution in [-0.4, -0.2) is 27.1 Å². The van der Waals surface area contributed by atoms with Crippen LogP contribution in [0.15, 0.2) is 52.8 Å². The molecule has 1 amide bonds. The number of nitrogens with zero attached hydrogens (tertiary/aromatic N) is 3. The number of rotatable bonds is 6. The highest BCUT2D eigenvalue weighted by molar-refractivity contribution is 7.99. The monoisotopic (exact) mass is 413 g/mol. The van der Waals surface area contributed by atoms with Crippen LogP contribution < -0.4 is 10.5 Å². The molecule has 1 aromatic carbocycles. The Labute approximate surface area is 172 Å². The third-order valence-corrected chi connectivity index (χ3v) is 6.78. The Balaban J connectivity index is 1.44. The molecular formula is C21H23N3O2S2. The average molecular weight is 414 g/mol. The average Bonchev–Trinajstić information content (AvgIpc) is 3.19. The first-order chi connectivity index (χ1) is 13.7. The Morgan fingerprint density at radius 1 is 1.21 bits per heavy atom. The number of anilines is 1. The minimum absolute atomic E-state index is 0.0682. The maximum Gasteiger partial charge on any atom is 0.258 e. The van der Waals surface area contributed by atoms with Gasteiger partial charge >= 0.3 is 0 Å². The maximum absolute atomic E-state index is 13.1. The van der Waals surface area contributed by atoms with Crippen molar-refractivity contribution in [3.05, 3.63) is 64.0 Å². The lowest BCUT2D eigenvalue weighted by Crippen LogP contribution is -2.42. The predicted octanol–water partition coefficient (Wildman–Crippen LogP) is 4.36. The Bertz CT molecular complexity index is 994. The highest BCUT2D eigenvalue weighted by atomic mass is 32.2. The number of hydrogen-bond donors (Lipinski definition) is 0. The van der Waals surface area contributed by atoms with Crippen molar-refractivity contribution in [1.29, 1.82) is 0 Å². The molecule has 5 nitrogen and oxygen atoms in total. The Morgan fingerprint density at radius 2 is 2.00 bits per heavy atom. The summed E-state index contributed by atoms with van der Waals surface area (Å²) in [5.74, 6) is 1.08. The van der Waals surface area contributed by atoms with E-state index in [2.05, 4.69) is 4.98 Å². The van der Waals surface area contributed by atoms with Gasteiger partial charge in [0.25, 0.3) is 5.56 Å². The molecule has 1 aliphatic rings. The van der Waals surface area contributed by atoms with Crippen LogP contribution in [-0.2, 0) is 10.5 Å². The highest BCUT2D eigenvalue weighted by Crippen LogP contribution is 2.28. The zero-order chi connectivity index (χ0) is 19.3. The van der Waals surface area contributed by atoms with Gasteiger partial charge in [-0.05, 0) is 25.0 Å². The van der Waals surface area contributed by atoms with E-state index in [-0.39, 0.29) is 17.5 Å². The lowest BCUT2D eigenvalue weighted by atomic mass is 9.93. The molecule has 0 N–H and O–H groups in total. The normalized spacial score (nSPS) is 15.0. The summed E-state index contributed by atoms with van der Waals surface area (Å²) in [6.45, 7) is 0. The second-order valence-electron chi connectivity index (χ2n) is 7.03. The van der Waals surface area contributed by atoms with Gasteiger partial charge < -0.3 is 4.90 Å². The van der Waals surface area contributed by atoms with Gasteiger partial charge in [0.05, 0.1) is 11.4 Å². The Kier molecular flexibility index (Phi) is 6.12. The molecule has 28 heavy (non-hydrogen) atoms. The van der Waals surface area contributed by atoms with Gasteiger partial charge in [-0.25, -0.2) is 4.98 Å². The van der Waals surface area contributed by atoms with E-state index in [0.717, 1.165) is 24.2 Å². The van der Waals surface area contributed by atoms with E-state index in [1.165, 1.54) is 42.4 Å². The molecule has 7 heteroatoms. The number of hydrogen-bond acceptors (Lipinski definition) is 5. The number of aromatic nitrogens is 2. The van der Waals surface area contributed by atoms with Crippen LogP contribution in [0.5, 0.6) is 0 Å². The second-order valence-corrected chi connectivity index (χ2v) is 8.88. The van der Waals surface area contributed by atoms with Crippen molar-refractivity contribution in [2.45, 2.75) is 43.9 Å². The van der Waals surface area contributed by atoms with Gasteiger partial charge in [0.2, 0.25) is 5.91 Å². The van der Waals surface area contributed by atoms with Crippen molar-refractivity contribution < 1.29 is 4.79 Å². The van der Waals surface area contributed by atoms with Gasteiger partial charge in [0.1, 0.15) is 0 Å². The van der Waals surface area contributed by atoms with Gasteiger partial charge in [-0.1, -0.05) is 37.5 Å². The third-order valence-electron chi connectivity index (χ3n) is 5.07. The molecule has 1 fully saturated rings. The van der Waals surface area contributed by atoms with Gasteiger partial charge in [0, 0.05) is 35.1 Å². The van der Waals surface area contributed by atoms with Crippen LogP contribution in [0.3, 0.4) is 0 Å². The molecule has 0 atom stereocenters. The van der Waals surface area contributed by atoms with E-state index in [9.17, 15) is 9.59 Å². The van der Waals surface area contributed by atoms with Crippen LogP contribution in [0.4, 0.5) is 5.69 Å². The number of thiazole rings is 1. The summed E-state index contributed by atoms with van der Waals surface area (Å²) < 4.78 is 1.55. The number of carbonyl (C=O) groups is 1. The van der Waals surface area contributed by atoms with Crippen LogP contribution in [0, 0.1) is 0 Å². The van der Waals surface area contributed by atoms with Gasteiger partial charge in [-0.3, -0.25) is 14.0 Å². The summed E-state index contributed by atoms with van der Waals surface area (Å²) in [6, 6.07) is 11.8. The van der Waals surface area contributed by atoms with Crippen molar-refractivity contribution in [3.8, 4) is 0 Å². The van der Waals surface area contributed by atoms with E-state index < -0.39 is 0 Å². The van der Waals surface area contributed by atoms with E-state index in [1.54, 1.807) is 16.7 Å². The topological polar surface area (TPSA) is 54.7 Å². The number of amides is 1. The summed E-state index contributed by atoms with van der Waals surface area (Å²) in [7, 11) is 0. The van der Waals surface area contributed by atoms with E-state index in [0.29, 0.717) is 16.5 Å². The lowest BCUT2D eigenvalue weighted by molar-refractivity contribution is -0.116. The number of para-hydroxylation sites is 1. The summed E-state index contributed by atoms with van der Waals surface area (Å²) >= 11 is 2.97. The molecule has 0 saturated heterocycles. The van der Waals surface area contributed by atoms with Crippen molar-refractivity contribution in [2.75, 3.05) is 10.7 Å². The van der Waals surface area contributed by atoms with Crippen LogP contribution >= 0.6 is 23.1 Å². The summed E-state index contributed by atoms with van der Waals surface area (Å²) in [4.78, 5) is 32.4. The number of carbonyl (C=O) groups excluding carboxylic acids is 1. The standard InChI is InChI=1S/C21H23N3O2S2/c25-19-13-16(22-21-23(19)11-12-28-21)14-27-15-20(26)24(17-7-3-1-4-8-17)18-9-5-2-6-10-18/h1,3-4,7-8,11-13,18H,2,5-6,9-10,14-15H2. The Hall–Kier alpha value is -2.12. The predicted molar refractivity (Wildman–Crippen MR) is 116 cm³/mol. The van der Waals surface area contributed by atoms with Crippen molar-refractivity contribution in [2.24, 2.45) is 0 Å². The van der Waals surface area contributed by atoms with E-state index in [1.807, 2.05) is 40.6 Å². The molecule has 3 aromatic rings. The van der Waals surface area contributed by atoms with Crippen molar-refractivity contribution in [3.63, 3.8) is 0 Å². The molecule has 0 aliphatic heterocycles. The van der Waals surface area contributed by atoms with Crippen LogP contribution in [0.1, 0.15) is 37.8 Å². The van der Waals surface area contributed by atoms with Crippen molar-refractivity contribution >= 4 is 39.7 Å². The lowest BCUT2D eigenvalue weighted by Gasteiger charge is -2.34. The van der Waals surface area contributed by atoms with E-state index in [4.69, 9.17) is 0 Å². The largest absolute Gasteiger partial charge is 0.309 e.